The molecule has 1 aromatic carbocycles. The molecule has 3 atom stereocenters. The highest BCUT2D eigenvalue weighted by Gasteiger charge is 2.39. The molecule has 2 heterocycles. The van der Waals surface area contributed by atoms with Gasteiger partial charge in [0.05, 0.1) is 0 Å². The highest BCUT2D eigenvalue weighted by molar-refractivity contribution is 14.1. The number of aliphatic hydroxyl groups is 1. The summed E-state index contributed by atoms with van der Waals surface area (Å²) in [5, 5.41) is 9.33. The van der Waals surface area contributed by atoms with Gasteiger partial charge in [0.1, 0.15) is 0 Å². The van der Waals surface area contributed by atoms with Crippen molar-refractivity contribution in [3.63, 3.8) is 0 Å². The third kappa shape index (κ3) is 5.03. The molecular formula is C21H28INO4. The van der Waals surface area contributed by atoms with Crippen LogP contribution in [0.5, 0.6) is 0 Å². The number of benzene rings is 1. The average molecular weight is 485 g/mol. The van der Waals surface area contributed by atoms with E-state index in [1.165, 1.54) is 3.57 Å². The summed E-state index contributed by atoms with van der Waals surface area (Å²) in [4.78, 5) is 14.8. The maximum Gasteiger partial charge on any atom is 0.288 e. The summed E-state index contributed by atoms with van der Waals surface area (Å²) in [5.74, 6) is 0.458. The van der Waals surface area contributed by atoms with E-state index in [2.05, 4.69) is 46.9 Å². The van der Waals surface area contributed by atoms with E-state index in [-0.39, 0.29) is 24.3 Å². The third-order valence-electron chi connectivity index (χ3n) is 5.27. The van der Waals surface area contributed by atoms with Crippen LogP contribution in [0.2, 0.25) is 0 Å². The smallest absolute Gasteiger partial charge is 0.288 e. The molecule has 1 amide bonds. The predicted molar refractivity (Wildman–Crippen MR) is 112 cm³/mol. The first-order valence-corrected chi connectivity index (χ1v) is 10.9. The number of hydrogen-bond acceptors (Lipinski definition) is 4. The molecule has 0 radical (unpaired) electrons. The first kappa shape index (κ1) is 20.6. The second-order valence-electron chi connectivity index (χ2n) is 7.08. The second kappa shape index (κ2) is 9.89. The quantitative estimate of drug-likeness (QED) is 0.600. The van der Waals surface area contributed by atoms with Gasteiger partial charge in [0, 0.05) is 41.7 Å². The predicted octanol–water partition coefficient (Wildman–Crippen LogP) is 3.66. The summed E-state index contributed by atoms with van der Waals surface area (Å²) >= 11 is 2.29. The summed E-state index contributed by atoms with van der Waals surface area (Å²) in [7, 11) is 0. The minimum atomic E-state index is -0.475. The normalized spacial score (nSPS) is 25.2. The molecule has 0 aliphatic carbocycles. The maximum atomic E-state index is 12.9. The van der Waals surface area contributed by atoms with Gasteiger partial charge in [-0.3, -0.25) is 4.79 Å². The van der Waals surface area contributed by atoms with E-state index >= 15 is 0 Å². The minimum absolute atomic E-state index is 0.0282. The van der Waals surface area contributed by atoms with Gasteiger partial charge in [-0.1, -0.05) is 12.1 Å². The number of rotatable bonds is 7. The Morgan fingerprint density at radius 3 is 2.63 bits per heavy atom. The monoisotopic (exact) mass is 485 g/mol. The van der Waals surface area contributed by atoms with E-state index in [0.717, 1.165) is 37.9 Å². The van der Waals surface area contributed by atoms with Crippen LogP contribution in [0, 0.1) is 9.49 Å². The highest BCUT2D eigenvalue weighted by Crippen LogP contribution is 2.40. The first-order valence-electron chi connectivity index (χ1n) is 9.79. The molecule has 1 fully saturated rings. The van der Waals surface area contributed by atoms with Gasteiger partial charge < -0.3 is 19.5 Å². The van der Waals surface area contributed by atoms with Crippen LogP contribution in [0.4, 0.5) is 0 Å². The molecule has 1 N–H and O–H groups in total. The van der Waals surface area contributed by atoms with E-state index in [1.807, 2.05) is 17.9 Å². The van der Waals surface area contributed by atoms with Crippen LogP contribution in [0.1, 0.15) is 44.1 Å². The van der Waals surface area contributed by atoms with Gasteiger partial charge in [-0.15, -0.1) is 0 Å². The number of hydrogen-bond donors (Lipinski definition) is 1. The zero-order valence-electron chi connectivity index (χ0n) is 15.8. The van der Waals surface area contributed by atoms with Gasteiger partial charge in [-0.05, 0) is 79.0 Å². The number of carbonyl (C=O) groups excluding carboxylic acids is 1. The fourth-order valence-corrected chi connectivity index (χ4v) is 4.26. The van der Waals surface area contributed by atoms with E-state index < -0.39 is 6.29 Å². The van der Waals surface area contributed by atoms with Crippen molar-refractivity contribution in [2.24, 2.45) is 5.92 Å². The first-order chi connectivity index (χ1) is 13.1. The number of amides is 1. The van der Waals surface area contributed by atoms with Crippen LogP contribution in [0.15, 0.2) is 36.1 Å². The van der Waals surface area contributed by atoms with Crippen LogP contribution < -0.4 is 0 Å². The zero-order valence-corrected chi connectivity index (χ0v) is 17.9. The molecule has 27 heavy (non-hydrogen) atoms. The Bertz CT molecular complexity index is 655. The summed E-state index contributed by atoms with van der Waals surface area (Å²) < 4.78 is 13.1. The standard InChI is InChI=1S/C21H28INO4/c1-2-26-21-17(6-5-13-24)18(15-7-9-16(22)10-8-15)14-19(27-21)20(25)23-11-3-4-12-23/h7-10,14,17-18,21,24H,2-6,11-13H2,1H3/t17-,18-,21-/m1/s1. The van der Waals surface area contributed by atoms with Gasteiger partial charge in [-0.25, -0.2) is 0 Å². The molecule has 6 heteroatoms. The van der Waals surface area contributed by atoms with Gasteiger partial charge in [0.2, 0.25) is 6.29 Å². The van der Waals surface area contributed by atoms with Crippen molar-refractivity contribution >= 4 is 28.5 Å². The van der Waals surface area contributed by atoms with Crippen molar-refractivity contribution < 1.29 is 19.4 Å². The minimum Gasteiger partial charge on any atom is -0.459 e. The fourth-order valence-electron chi connectivity index (χ4n) is 3.90. The van der Waals surface area contributed by atoms with Gasteiger partial charge in [0.15, 0.2) is 5.76 Å². The molecule has 0 saturated carbocycles. The Labute approximate surface area is 174 Å². The van der Waals surface area contributed by atoms with Crippen LogP contribution in [0.3, 0.4) is 0 Å². The lowest BCUT2D eigenvalue weighted by molar-refractivity contribution is -0.170. The van der Waals surface area contributed by atoms with Crippen molar-refractivity contribution in [1.82, 2.24) is 4.90 Å². The second-order valence-corrected chi connectivity index (χ2v) is 8.32. The third-order valence-corrected chi connectivity index (χ3v) is 5.99. The number of allylic oxidation sites excluding steroid dienone is 1. The Morgan fingerprint density at radius 1 is 1.30 bits per heavy atom. The van der Waals surface area contributed by atoms with Crippen LogP contribution in [-0.2, 0) is 14.3 Å². The summed E-state index contributed by atoms with van der Waals surface area (Å²) in [6.07, 6.45) is 5.06. The van der Waals surface area contributed by atoms with Gasteiger partial charge in [-0.2, -0.15) is 0 Å². The lowest BCUT2D eigenvalue weighted by Crippen LogP contribution is -2.39. The molecule has 0 spiro atoms. The number of likely N-dealkylation sites (tertiary alicyclic amines) is 1. The molecule has 0 bridgehead atoms. The number of nitrogens with zero attached hydrogens (tertiary/aromatic N) is 1. The number of carbonyl (C=O) groups is 1. The van der Waals surface area contributed by atoms with Crippen LogP contribution in [0.25, 0.3) is 0 Å². The van der Waals surface area contributed by atoms with E-state index in [0.29, 0.717) is 18.8 Å². The maximum absolute atomic E-state index is 12.9. The summed E-state index contributed by atoms with van der Waals surface area (Å²) in [6, 6.07) is 8.39. The average Bonchev–Trinajstić information content (AvgIpc) is 3.21. The molecule has 3 rings (SSSR count). The lowest BCUT2D eigenvalue weighted by atomic mass is 9.80. The Kier molecular flexibility index (Phi) is 7.55. The lowest BCUT2D eigenvalue weighted by Gasteiger charge is -2.37. The van der Waals surface area contributed by atoms with Crippen LogP contribution in [-0.4, -0.2) is 48.5 Å². The largest absolute Gasteiger partial charge is 0.459 e. The molecule has 5 nitrogen and oxygen atoms in total. The SMILES string of the molecule is CCO[C@@H]1OC(C(=O)N2CCCC2)=C[C@H](c2ccc(I)cc2)[C@H]1CCCO. The van der Waals surface area contributed by atoms with E-state index in [9.17, 15) is 9.90 Å². The van der Waals surface area contributed by atoms with E-state index in [1.54, 1.807) is 0 Å². The van der Waals surface area contributed by atoms with Crippen molar-refractivity contribution in [3.05, 3.63) is 45.2 Å². The highest BCUT2D eigenvalue weighted by atomic mass is 127. The molecule has 2 aliphatic heterocycles. The molecule has 148 valence electrons. The van der Waals surface area contributed by atoms with Crippen molar-refractivity contribution in [3.8, 4) is 0 Å². The van der Waals surface area contributed by atoms with Gasteiger partial charge in [0.25, 0.3) is 5.91 Å². The number of halogens is 1. The Morgan fingerprint density at radius 2 is 2.00 bits per heavy atom. The summed E-state index contributed by atoms with van der Waals surface area (Å²) in [5.41, 5.74) is 1.15. The number of ether oxygens (including phenoxy) is 2. The van der Waals surface area contributed by atoms with Crippen molar-refractivity contribution in [2.45, 2.75) is 44.8 Å². The van der Waals surface area contributed by atoms with E-state index in [4.69, 9.17) is 9.47 Å². The Balaban J connectivity index is 1.93. The molecule has 1 saturated heterocycles. The molecule has 2 aliphatic rings. The van der Waals surface area contributed by atoms with Crippen molar-refractivity contribution in [2.75, 3.05) is 26.3 Å². The zero-order chi connectivity index (χ0) is 19.2. The van der Waals surface area contributed by atoms with Gasteiger partial charge >= 0.3 is 0 Å². The van der Waals surface area contributed by atoms with Crippen LogP contribution >= 0.6 is 22.6 Å². The molecule has 0 unspecified atom stereocenters. The number of aliphatic hydroxyl groups excluding tert-OH is 1. The summed E-state index contributed by atoms with van der Waals surface area (Å²) in [6.45, 7) is 4.18. The molecule has 0 aromatic heterocycles. The molecular weight excluding hydrogens is 457 g/mol. The fraction of sp³-hybridized carbons (Fsp3) is 0.571. The van der Waals surface area contributed by atoms with Crippen molar-refractivity contribution in [1.29, 1.82) is 0 Å². The topological polar surface area (TPSA) is 59.0 Å². The molecule has 1 aromatic rings. The Hall–Kier alpha value is -1.12.